The van der Waals surface area contributed by atoms with Gasteiger partial charge < -0.3 is 26.2 Å². The van der Waals surface area contributed by atoms with Crippen molar-refractivity contribution >= 4 is 17.9 Å². The standard InChI is InChI=1S/C9H17N3O5/c1-17-5-3-6(8(14)15)12-9(16)11-4-2-7(10)13/h6H,2-5H2,1H3,(H2,10,13)(H,14,15)(H2,11,12,16). The molecular formula is C9H17N3O5. The van der Waals surface area contributed by atoms with Crippen LogP contribution in [-0.4, -0.2) is 49.3 Å². The molecule has 0 aromatic rings. The number of nitrogens with two attached hydrogens (primary N) is 1. The van der Waals surface area contributed by atoms with Gasteiger partial charge in [-0.3, -0.25) is 4.79 Å². The number of amides is 3. The van der Waals surface area contributed by atoms with Crippen LogP contribution in [0.1, 0.15) is 12.8 Å². The van der Waals surface area contributed by atoms with Crippen LogP contribution >= 0.6 is 0 Å². The first-order valence-electron chi connectivity index (χ1n) is 5.01. The van der Waals surface area contributed by atoms with Crippen LogP contribution in [-0.2, 0) is 14.3 Å². The summed E-state index contributed by atoms with van der Waals surface area (Å²) in [7, 11) is 1.44. The van der Waals surface area contributed by atoms with Crippen molar-refractivity contribution in [2.45, 2.75) is 18.9 Å². The van der Waals surface area contributed by atoms with Crippen molar-refractivity contribution in [1.82, 2.24) is 10.6 Å². The largest absolute Gasteiger partial charge is 0.480 e. The Kier molecular flexibility index (Phi) is 7.44. The van der Waals surface area contributed by atoms with Gasteiger partial charge in [-0.05, 0) is 0 Å². The zero-order chi connectivity index (χ0) is 13.3. The molecule has 8 heteroatoms. The molecule has 1 unspecified atom stereocenters. The summed E-state index contributed by atoms with van der Waals surface area (Å²) in [4.78, 5) is 32.4. The monoisotopic (exact) mass is 247 g/mol. The highest BCUT2D eigenvalue weighted by Gasteiger charge is 2.19. The molecule has 0 radical (unpaired) electrons. The second-order valence-corrected chi connectivity index (χ2v) is 3.29. The summed E-state index contributed by atoms with van der Waals surface area (Å²) in [5.74, 6) is -1.69. The van der Waals surface area contributed by atoms with Crippen LogP contribution in [0.2, 0.25) is 0 Å². The Morgan fingerprint density at radius 1 is 1.41 bits per heavy atom. The Hall–Kier alpha value is -1.83. The fraction of sp³-hybridized carbons (Fsp3) is 0.667. The molecule has 98 valence electrons. The predicted octanol–water partition coefficient (Wildman–Crippen LogP) is -1.35. The van der Waals surface area contributed by atoms with Crippen molar-refractivity contribution in [3.8, 4) is 0 Å². The third-order valence-electron chi connectivity index (χ3n) is 1.87. The van der Waals surface area contributed by atoms with Gasteiger partial charge >= 0.3 is 12.0 Å². The smallest absolute Gasteiger partial charge is 0.326 e. The normalized spacial score (nSPS) is 11.6. The van der Waals surface area contributed by atoms with E-state index in [-0.39, 0.29) is 26.0 Å². The van der Waals surface area contributed by atoms with Crippen molar-refractivity contribution in [3.05, 3.63) is 0 Å². The molecule has 0 heterocycles. The summed E-state index contributed by atoms with van der Waals surface area (Å²) in [6, 6.07) is -1.68. The van der Waals surface area contributed by atoms with Crippen molar-refractivity contribution in [3.63, 3.8) is 0 Å². The maximum atomic E-state index is 11.2. The highest BCUT2D eigenvalue weighted by molar-refractivity contribution is 5.82. The lowest BCUT2D eigenvalue weighted by molar-refractivity contribution is -0.139. The zero-order valence-corrected chi connectivity index (χ0v) is 9.56. The molecule has 0 fully saturated rings. The topological polar surface area (TPSA) is 131 Å². The minimum absolute atomic E-state index is 0.00320. The van der Waals surface area contributed by atoms with Gasteiger partial charge in [-0.2, -0.15) is 0 Å². The molecule has 0 saturated carbocycles. The average molecular weight is 247 g/mol. The number of rotatable bonds is 8. The van der Waals surface area contributed by atoms with Crippen molar-refractivity contribution < 1.29 is 24.2 Å². The number of nitrogens with one attached hydrogen (secondary N) is 2. The van der Waals surface area contributed by atoms with E-state index in [1.54, 1.807) is 0 Å². The molecule has 0 aliphatic rings. The molecule has 0 aliphatic heterocycles. The number of carboxylic acid groups (broad SMARTS) is 1. The highest BCUT2D eigenvalue weighted by atomic mass is 16.5. The molecule has 0 spiro atoms. The Labute approximate surface area is 98.5 Å². The van der Waals surface area contributed by atoms with Gasteiger partial charge in [0.2, 0.25) is 5.91 Å². The van der Waals surface area contributed by atoms with E-state index in [0.717, 1.165) is 0 Å². The van der Waals surface area contributed by atoms with Crippen molar-refractivity contribution in [2.75, 3.05) is 20.3 Å². The molecule has 3 amide bonds. The van der Waals surface area contributed by atoms with Crippen LogP contribution in [0.5, 0.6) is 0 Å². The quantitative estimate of drug-likeness (QED) is 0.421. The number of hydrogen-bond acceptors (Lipinski definition) is 4. The second-order valence-electron chi connectivity index (χ2n) is 3.29. The summed E-state index contributed by atoms with van der Waals surface area (Å²) in [5, 5.41) is 13.4. The van der Waals surface area contributed by atoms with E-state index in [0.29, 0.717) is 0 Å². The first kappa shape index (κ1) is 15.2. The van der Waals surface area contributed by atoms with Crippen molar-refractivity contribution in [1.29, 1.82) is 0 Å². The molecule has 5 N–H and O–H groups in total. The van der Waals surface area contributed by atoms with Crippen molar-refractivity contribution in [2.24, 2.45) is 5.73 Å². The average Bonchev–Trinajstić information content (AvgIpc) is 2.23. The second kappa shape index (κ2) is 8.34. The lowest BCUT2D eigenvalue weighted by Crippen LogP contribution is -2.47. The van der Waals surface area contributed by atoms with Gasteiger partial charge in [-0.15, -0.1) is 0 Å². The Morgan fingerprint density at radius 3 is 2.53 bits per heavy atom. The van der Waals surface area contributed by atoms with E-state index in [1.807, 2.05) is 0 Å². The summed E-state index contributed by atoms with van der Waals surface area (Å²) in [6.07, 6.45) is 0.165. The van der Waals surface area contributed by atoms with E-state index in [2.05, 4.69) is 10.6 Å². The van der Waals surface area contributed by atoms with Gasteiger partial charge in [0.15, 0.2) is 0 Å². The number of aliphatic carboxylic acids is 1. The lowest BCUT2D eigenvalue weighted by Gasteiger charge is -2.14. The van der Waals surface area contributed by atoms with Crippen LogP contribution < -0.4 is 16.4 Å². The molecule has 0 aromatic carbocycles. The lowest BCUT2D eigenvalue weighted by atomic mass is 10.2. The van der Waals surface area contributed by atoms with E-state index in [1.165, 1.54) is 7.11 Å². The van der Waals surface area contributed by atoms with Gasteiger partial charge in [0.25, 0.3) is 0 Å². The minimum Gasteiger partial charge on any atom is -0.480 e. The fourth-order valence-electron chi connectivity index (χ4n) is 1.00. The predicted molar refractivity (Wildman–Crippen MR) is 58.3 cm³/mol. The summed E-state index contributed by atoms with van der Waals surface area (Å²) in [5.41, 5.74) is 4.87. The van der Waals surface area contributed by atoms with Crippen LogP contribution in [0, 0.1) is 0 Å². The van der Waals surface area contributed by atoms with Gasteiger partial charge in [0.05, 0.1) is 0 Å². The molecule has 0 aromatic heterocycles. The Morgan fingerprint density at radius 2 is 2.06 bits per heavy atom. The van der Waals surface area contributed by atoms with Crippen LogP contribution in [0.4, 0.5) is 4.79 Å². The number of methoxy groups -OCH3 is 1. The molecule has 17 heavy (non-hydrogen) atoms. The molecular weight excluding hydrogens is 230 g/mol. The fourth-order valence-corrected chi connectivity index (χ4v) is 1.00. The number of ether oxygens (including phenoxy) is 1. The first-order chi connectivity index (χ1) is 7.97. The molecule has 1 atom stereocenters. The van der Waals surface area contributed by atoms with E-state index >= 15 is 0 Å². The SMILES string of the molecule is COCCC(NC(=O)NCCC(N)=O)C(=O)O. The Bertz CT molecular complexity index is 282. The molecule has 0 rings (SSSR count). The summed E-state index contributed by atoms with van der Waals surface area (Å²) in [6.45, 7) is 0.288. The number of carbonyl (C=O) groups is 3. The molecule has 0 saturated heterocycles. The highest BCUT2D eigenvalue weighted by Crippen LogP contribution is 1.93. The molecule has 0 aliphatic carbocycles. The van der Waals surface area contributed by atoms with E-state index in [9.17, 15) is 14.4 Å². The number of hydrogen-bond donors (Lipinski definition) is 4. The zero-order valence-electron chi connectivity index (χ0n) is 9.56. The van der Waals surface area contributed by atoms with Gasteiger partial charge in [0.1, 0.15) is 6.04 Å². The van der Waals surface area contributed by atoms with E-state index in [4.69, 9.17) is 15.6 Å². The van der Waals surface area contributed by atoms with Crippen LogP contribution in [0.3, 0.4) is 0 Å². The van der Waals surface area contributed by atoms with Crippen LogP contribution in [0.15, 0.2) is 0 Å². The van der Waals surface area contributed by atoms with Gasteiger partial charge in [0, 0.05) is 33.1 Å². The molecule has 8 nitrogen and oxygen atoms in total. The number of carbonyl (C=O) groups excluding carboxylic acids is 2. The summed E-state index contributed by atoms with van der Waals surface area (Å²) < 4.78 is 4.72. The third kappa shape index (κ3) is 8.03. The Balaban J connectivity index is 3.95. The first-order valence-corrected chi connectivity index (χ1v) is 5.01. The number of carboxylic acids is 1. The van der Waals surface area contributed by atoms with Gasteiger partial charge in [-0.1, -0.05) is 0 Å². The number of primary amides is 1. The van der Waals surface area contributed by atoms with Gasteiger partial charge in [-0.25, -0.2) is 9.59 Å². The summed E-state index contributed by atoms with van der Waals surface area (Å²) >= 11 is 0. The third-order valence-corrected chi connectivity index (χ3v) is 1.87. The molecule has 0 bridgehead atoms. The minimum atomic E-state index is -1.15. The number of urea groups is 1. The van der Waals surface area contributed by atoms with Crippen LogP contribution in [0.25, 0.3) is 0 Å². The maximum absolute atomic E-state index is 11.2. The maximum Gasteiger partial charge on any atom is 0.326 e. The van der Waals surface area contributed by atoms with E-state index < -0.39 is 23.9 Å².